The lowest BCUT2D eigenvalue weighted by Gasteiger charge is -2.11. The van der Waals surface area contributed by atoms with Gasteiger partial charge < -0.3 is 13.8 Å². The van der Waals surface area contributed by atoms with Crippen LogP contribution in [0.2, 0.25) is 0 Å². The van der Waals surface area contributed by atoms with E-state index >= 15 is 0 Å². The second kappa shape index (κ2) is 9.84. The van der Waals surface area contributed by atoms with Crippen molar-refractivity contribution in [2.45, 2.75) is 65.3 Å². The molecule has 0 saturated carbocycles. The minimum Gasteiger partial charge on any atom is -0.382 e. The van der Waals surface area contributed by atoms with Crippen LogP contribution in [0.1, 0.15) is 58.7 Å². The van der Waals surface area contributed by atoms with Crippen LogP contribution in [-0.2, 0) is 27.9 Å². The molecule has 0 radical (unpaired) electrons. The minimum atomic E-state index is -0.152. The lowest BCUT2D eigenvalue weighted by Crippen LogP contribution is -2.16. The highest BCUT2D eigenvalue weighted by atomic mass is 16.5. The largest absolute Gasteiger partial charge is 0.382 e. The Morgan fingerprint density at radius 3 is 2.73 bits per heavy atom. The Balaban J connectivity index is 1.58. The van der Waals surface area contributed by atoms with E-state index in [0.717, 1.165) is 24.0 Å². The maximum Gasteiger partial charge on any atom is 0.226 e. The quantitative estimate of drug-likeness (QED) is 0.503. The molecule has 1 N–H and O–H groups in total. The second-order valence-electron chi connectivity index (χ2n) is 8.29. The third kappa shape index (κ3) is 5.66. The van der Waals surface area contributed by atoms with Gasteiger partial charge in [0, 0.05) is 38.0 Å². The van der Waals surface area contributed by atoms with Crippen LogP contribution in [0.4, 0.5) is 5.95 Å². The number of hydrogen-bond donors (Lipinski definition) is 1. The number of imidazole rings is 1. The molecule has 8 nitrogen and oxygen atoms in total. The van der Waals surface area contributed by atoms with Crippen LogP contribution < -0.4 is 5.32 Å². The van der Waals surface area contributed by atoms with Crippen molar-refractivity contribution in [3.05, 3.63) is 36.0 Å². The van der Waals surface area contributed by atoms with E-state index in [9.17, 15) is 4.79 Å². The molecule has 30 heavy (non-hydrogen) atoms. The number of ether oxygens (including phenoxy) is 1. The molecule has 0 aliphatic carbocycles. The van der Waals surface area contributed by atoms with E-state index in [2.05, 4.69) is 20.4 Å². The number of nitrogens with zero attached hydrogens (tertiary/aromatic N) is 4. The van der Waals surface area contributed by atoms with Crippen LogP contribution in [0.25, 0.3) is 11.0 Å². The van der Waals surface area contributed by atoms with Crippen LogP contribution in [0, 0.1) is 0 Å². The molecular formula is C22H31N5O3. The molecule has 0 unspecified atom stereocenters. The van der Waals surface area contributed by atoms with Gasteiger partial charge in [-0.1, -0.05) is 38.1 Å². The number of carbonyl (C=O) groups is 1. The predicted octanol–water partition coefficient (Wildman–Crippen LogP) is 4.10. The molecule has 3 rings (SSSR count). The van der Waals surface area contributed by atoms with Gasteiger partial charge in [0.15, 0.2) is 5.82 Å². The molecule has 0 aliphatic rings. The van der Waals surface area contributed by atoms with Gasteiger partial charge in [0.05, 0.1) is 11.0 Å². The number of aryl methyl sites for hydroxylation is 2. The first kappa shape index (κ1) is 22.0. The lowest BCUT2D eigenvalue weighted by atomic mass is 9.96. The topological polar surface area (TPSA) is 95.1 Å². The zero-order valence-corrected chi connectivity index (χ0v) is 18.3. The van der Waals surface area contributed by atoms with Crippen molar-refractivity contribution in [1.29, 1.82) is 0 Å². The van der Waals surface area contributed by atoms with E-state index in [1.54, 1.807) is 0 Å². The highest BCUT2D eigenvalue weighted by Gasteiger charge is 2.21. The smallest absolute Gasteiger partial charge is 0.226 e. The number of fused-ring (bicyclic) bond motifs is 1. The third-order valence-corrected chi connectivity index (χ3v) is 4.71. The van der Waals surface area contributed by atoms with Crippen molar-refractivity contribution in [2.75, 3.05) is 18.5 Å². The summed E-state index contributed by atoms with van der Waals surface area (Å²) in [5.74, 6) is 1.75. The van der Waals surface area contributed by atoms with E-state index in [1.807, 2.05) is 56.5 Å². The fourth-order valence-corrected chi connectivity index (χ4v) is 3.11. The van der Waals surface area contributed by atoms with Gasteiger partial charge in [-0.3, -0.25) is 10.1 Å². The van der Waals surface area contributed by atoms with E-state index < -0.39 is 0 Å². The number of carbonyl (C=O) groups excluding carboxylic acids is 1. The van der Waals surface area contributed by atoms with Crippen LogP contribution in [-0.4, -0.2) is 38.8 Å². The summed E-state index contributed by atoms with van der Waals surface area (Å²) in [4.78, 5) is 21.5. The highest BCUT2D eigenvalue weighted by Crippen LogP contribution is 2.21. The van der Waals surface area contributed by atoms with Crippen LogP contribution >= 0.6 is 0 Å². The molecule has 0 saturated heterocycles. The van der Waals surface area contributed by atoms with Gasteiger partial charge in [0.2, 0.25) is 17.7 Å². The fraction of sp³-hybridized carbons (Fsp3) is 0.545. The summed E-state index contributed by atoms with van der Waals surface area (Å²) in [7, 11) is 0. The normalized spacial score (nSPS) is 11.9. The number of hydrogen-bond acceptors (Lipinski definition) is 6. The fourth-order valence-electron chi connectivity index (χ4n) is 3.11. The summed E-state index contributed by atoms with van der Waals surface area (Å²) in [6, 6.07) is 7.89. The standard InChI is InChI=1S/C22H31N5O3/c1-5-29-15-9-14-27-17-11-7-6-10-16(17)23-21(27)24-18(28)12-8-13-19-25-20(26-30-19)22(2,3)4/h6-7,10-11H,5,8-9,12-15H2,1-4H3,(H,23,24,28). The van der Waals surface area contributed by atoms with E-state index in [0.29, 0.717) is 50.1 Å². The predicted molar refractivity (Wildman–Crippen MR) is 115 cm³/mol. The summed E-state index contributed by atoms with van der Waals surface area (Å²) in [5.41, 5.74) is 1.72. The van der Waals surface area contributed by atoms with E-state index in [4.69, 9.17) is 9.26 Å². The second-order valence-corrected chi connectivity index (χ2v) is 8.29. The van der Waals surface area contributed by atoms with Crippen molar-refractivity contribution in [3.63, 3.8) is 0 Å². The Hall–Kier alpha value is -2.74. The summed E-state index contributed by atoms with van der Waals surface area (Å²) >= 11 is 0. The number of para-hydroxylation sites is 2. The molecule has 0 bridgehead atoms. The Morgan fingerprint density at radius 2 is 2.00 bits per heavy atom. The number of rotatable bonds is 10. The Morgan fingerprint density at radius 1 is 1.20 bits per heavy atom. The van der Waals surface area contributed by atoms with Crippen molar-refractivity contribution in [1.82, 2.24) is 19.7 Å². The first-order valence-corrected chi connectivity index (χ1v) is 10.5. The zero-order chi connectivity index (χ0) is 21.6. The summed E-state index contributed by atoms with van der Waals surface area (Å²) in [5, 5.41) is 6.98. The van der Waals surface area contributed by atoms with Crippen molar-refractivity contribution in [3.8, 4) is 0 Å². The number of nitrogens with one attached hydrogen (secondary N) is 1. The number of anilines is 1. The summed E-state index contributed by atoms with van der Waals surface area (Å²) < 4.78 is 12.8. The maximum atomic E-state index is 12.5. The third-order valence-electron chi connectivity index (χ3n) is 4.71. The average molecular weight is 414 g/mol. The van der Waals surface area contributed by atoms with E-state index in [1.165, 1.54) is 0 Å². The number of benzene rings is 1. The molecule has 1 amide bonds. The van der Waals surface area contributed by atoms with Gasteiger partial charge in [0.25, 0.3) is 0 Å². The molecule has 1 aromatic carbocycles. The molecule has 0 atom stereocenters. The average Bonchev–Trinajstić information content (AvgIpc) is 3.30. The molecule has 2 heterocycles. The molecule has 0 spiro atoms. The van der Waals surface area contributed by atoms with E-state index in [-0.39, 0.29) is 11.3 Å². The Labute approximate surface area is 177 Å². The van der Waals surface area contributed by atoms with Crippen LogP contribution in [0.3, 0.4) is 0 Å². The zero-order valence-electron chi connectivity index (χ0n) is 18.3. The monoisotopic (exact) mass is 413 g/mol. The van der Waals surface area contributed by atoms with Gasteiger partial charge in [-0.05, 0) is 31.9 Å². The molecule has 0 fully saturated rings. The van der Waals surface area contributed by atoms with Crippen molar-refractivity contribution in [2.24, 2.45) is 0 Å². The maximum absolute atomic E-state index is 12.5. The Kier molecular flexibility index (Phi) is 7.20. The van der Waals surface area contributed by atoms with Gasteiger partial charge in [-0.25, -0.2) is 4.98 Å². The Bertz CT molecular complexity index is 971. The molecule has 162 valence electrons. The van der Waals surface area contributed by atoms with Gasteiger partial charge in [-0.2, -0.15) is 4.98 Å². The van der Waals surface area contributed by atoms with Crippen molar-refractivity contribution >= 4 is 22.9 Å². The molecule has 2 aromatic heterocycles. The highest BCUT2D eigenvalue weighted by molar-refractivity contribution is 5.91. The first-order chi connectivity index (χ1) is 14.4. The molecule has 8 heteroatoms. The first-order valence-electron chi connectivity index (χ1n) is 10.5. The van der Waals surface area contributed by atoms with Crippen molar-refractivity contribution < 1.29 is 14.1 Å². The molecule has 0 aliphatic heterocycles. The molecular weight excluding hydrogens is 382 g/mol. The molecule has 3 aromatic rings. The van der Waals surface area contributed by atoms with Gasteiger partial charge in [-0.15, -0.1) is 0 Å². The SMILES string of the molecule is CCOCCCn1c(NC(=O)CCCc2nc(C(C)(C)C)no2)nc2ccccc21. The van der Waals surface area contributed by atoms with Gasteiger partial charge in [0.1, 0.15) is 0 Å². The van der Waals surface area contributed by atoms with Crippen LogP contribution in [0.5, 0.6) is 0 Å². The summed E-state index contributed by atoms with van der Waals surface area (Å²) in [6.07, 6.45) is 2.41. The number of aromatic nitrogens is 4. The number of amides is 1. The van der Waals surface area contributed by atoms with Gasteiger partial charge >= 0.3 is 0 Å². The van der Waals surface area contributed by atoms with Crippen LogP contribution in [0.15, 0.2) is 28.8 Å². The lowest BCUT2D eigenvalue weighted by molar-refractivity contribution is -0.116. The summed E-state index contributed by atoms with van der Waals surface area (Å²) in [6.45, 7) is 10.2. The minimum absolute atomic E-state index is 0.0769.